The summed E-state index contributed by atoms with van der Waals surface area (Å²) in [5.41, 5.74) is 1.01. The second-order valence-corrected chi connectivity index (χ2v) is 8.23. The van der Waals surface area contributed by atoms with Gasteiger partial charge in [-0.3, -0.25) is 0 Å². The molecule has 2 fully saturated rings. The maximum Gasteiger partial charge on any atom is 0.338 e. The van der Waals surface area contributed by atoms with E-state index in [0.717, 1.165) is 0 Å². The fourth-order valence-electron chi connectivity index (χ4n) is 4.48. The minimum atomic E-state index is -1.58. The number of carbonyl (C=O) groups is 1. The molecule has 4 rings (SSSR count). The van der Waals surface area contributed by atoms with E-state index in [1.54, 1.807) is 36.4 Å². The van der Waals surface area contributed by atoms with Crippen molar-refractivity contribution in [1.82, 2.24) is 0 Å². The van der Waals surface area contributed by atoms with Crippen LogP contribution in [0.3, 0.4) is 0 Å². The van der Waals surface area contributed by atoms with E-state index in [4.69, 9.17) is 18.9 Å². The lowest BCUT2D eigenvalue weighted by molar-refractivity contribution is -0.350. The van der Waals surface area contributed by atoms with E-state index in [-0.39, 0.29) is 19.1 Å². The molecule has 32 heavy (non-hydrogen) atoms. The summed E-state index contributed by atoms with van der Waals surface area (Å²) >= 11 is 0. The molecule has 2 heterocycles. The zero-order valence-electron chi connectivity index (χ0n) is 17.3. The van der Waals surface area contributed by atoms with Gasteiger partial charge in [0, 0.05) is 11.8 Å². The van der Waals surface area contributed by atoms with E-state index in [0.29, 0.717) is 17.6 Å². The molecule has 0 spiro atoms. The lowest BCUT2D eigenvalue weighted by atomic mass is 9.85. The second-order valence-electron chi connectivity index (χ2n) is 8.23. The highest BCUT2D eigenvalue weighted by Gasteiger charge is 2.49. The Morgan fingerprint density at radius 2 is 1.78 bits per heavy atom. The first kappa shape index (κ1) is 23.3. The van der Waals surface area contributed by atoms with E-state index in [1.165, 1.54) is 0 Å². The molecule has 0 aromatic heterocycles. The quantitative estimate of drug-likeness (QED) is 0.266. The number of aliphatic hydroxyl groups is 5. The lowest BCUT2D eigenvalue weighted by Gasteiger charge is -2.43. The summed E-state index contributed by atoms with van der Waals surface area (Å²) in [4.78, 5) is 12.3. The van der Waals surface area contributed by atoms with Crippen molar-refractivity contribution in [2.75, 3.05) is 19.8 Å². The summed E-state index contributed by atoms with van der Waals surface area (Å²) in [6, 6.07) is 8.52. The van der Waals surface area contributed by atoms with Crippen molar-refractivity contribution >= 4 is 5.97 Å². The smallest absolute Gasteiger partial charge is 0.338 e. The van der Waals surface area contributed by atoms with E-state index in [1.807, 2.05) is 0 Å². The summed E-state index contributed by atoms with van der Waals surface area (Å²) in [7, 11) is 0. The maximum atomic E-state index is 12.3. The van der Waals surface area contributed by atoms with Crippen LogP contribution in [0.15, 0.2) is 42.0 Å². The number of fused-ring (bicyclic) bond motifs is 1. The van der Waals surface area contributed by atoms with Crippen molar-refractivity contribution < 1.29 is 49.3 Å². The molecule has 3 aliphatic rings. The Labute approximate surface area is 184 Å². The van der Waals surface area contributed by atoms with Crippen molar-refractivity contribution in [3.63, 3.8) is 0 Å². The van der Waals surface area contributed by atoms with Crippen LogP contribution in [-0.4, -0.2) is 94.4 Å². The zero-order chi connectivity index (χ0) is 22.8. The van der Waals surface area contributed by atoms with Crippen LogP contribution in [0.25, 0.3) is 0 Å². The first-order valence-electron chi connectivity index (χ1n) is 10.6. The molecule has 10 nitrogen and oxygen atoms in total. The van der Waals surface area contributed by atoms with Gasteiger partial charge in [0.2, 0.25) is 0 Å². The highest BCUT2D eigenvalue weighted by molar-refractivity contribution is 5.89. The van der Waals surface area contributed by atoms with Crippen LogP contribution in [0.4, 0.5) is 0 Å². The fraction of sp³-hybridized carbons (Fsp3) is 0.591. The maximum absolute atomic E-state index is 12.3. The Morgan fingerprint density at radius 1 is 1.03 bits per heavy atom. The monoisotopic (exact) mass is 452 g/mol. The molecule has 0 unspecified atom stereocenters. The fourth-order valence-corrected chi connectivity index (χ4v) is 4.48. The molecule has 0 bridgehead atoms. The van der Waals surface area contributed by atoms with Crippen LogP contribution in [-0.2, 0) is 18.9 Å². The molecular weight excluding hydrogens is 424 g/mol. The van der Waals surface area contributed by atoms with Crippen LogP contribution in [0, 0.1) is 11.8 Å². The SMILES string of the molecule is O=C(OCC1=C[C@H](O)[C@@H]2CCO[C@@H](O[C@@H]3O[C@H](CO)[C@H](O)[C@H](O)[C@H]3O)[C@H]12)c1ccccc1. The van der Waals surface area contributed by atoms with Crippen LogP contribution in [0.2, 0.25) is 0 Å². The molecule has 9 atom stereocenters. The highest BCUT2D eigenvalue weighted by Crippen LogP contribution is 2.42. The largest absolute Gasteiger partial charge is 0.458 e. The average Bonchev–Trinajstić information content (AvgIpc) is 3.14. The van der Waals surface area contributed by atoms with Crippen molar-refractivity contribution in [3.8, 4) is 0 Å². The molecule has 0 radical (unpaired) electrons. The average molecular weight is 452 g/mol. The summed E-state index contributed by atoms with van der Waals surface area (Å²) in [5, 5.41) is 50.1. The van der Waals surface area contributed by atoms with Crippen LogP contribution >= 0.6 is 0 Å². The molecule has 10 heteroatoms. The predicted molar refractivity (Wildman–Crippen MR) is 107 cm³/mol. The Kier molecular flexibility index (Phi) is 7.23. The molecule has 2 aliphatic heterocycles. The Hall–Kier alpha value is -1.89. The molecule has 0 amide bonds. The van der Waals surface area contributed by atoms with Gasteiger partial charge in [0.15, 0.2) is 12.6 Å². The van der Waals surface area contributed by atoms with Crippen LogP contribution in [0.1, 0.15) is 16.8 Å². The van der Waals surface area contributed by atoms with Crippen LogP contribution < -0.4 is 0 Å². The third-order valence-electron chi connectivity index (χ3n) is 6.24. The van der Waals surface area contributed by atoms with Gasteiger partial charge in [-0.15, -0.1) is 0 Å². The number of rotatable bonds is 6. The number of hydrogen-bond donors (Lipinski definition) is 5. The third-order valence-corrected chi connectivity index (χ3v) is 6.24. The number of ether oxygens (including phenoxy) is 4. The molecular formula is C22H28O10. The number of hydrogen-bond acceptors (Lipinski definition) is 10. The minimum Gasteiger partial charge on any atom is -0.458 e. The van der Waals surface area contributed by atoms with Gasteiger partial charge in [0.1, 0.15) is 31.0 Å². The topological polar surface area (TPSA) is 155 Å². The van der Waals surface area contributed by atoms with E-state index >= 15 is 0 Å². The number of carbonyl (C=O) groups excluding carboxylic acids is 1. The molecule has 1 aromatic rings. The Morgan fingerprint density at radius 3 is 2.50 bits per heavy atom. The minimum absolute atomic E-state index is 0.0795. The van der Waals surface area contributed by atoms with Gasteiger partial charge in [-0.25, -0.2) is 4.79 Å². The predicted octanol–water partition coefficient (Wildman–Crippen LogP) is -1.06. The molecule has 1 aliphatic carbocycles. The van der Waals surface area contributed by atoms with Gasteiger partial charge < -0.3 is 44.5 Å². The van der Waals surface area contributed by atoms with Crippen molar-refractivity contribution in [3.05, 3.63) is 47.5 Å². The molecule has 2 saturated heterocycles. The Bertz CT molecular complexity index is 812. The lowest BCUT2D eigenvalue weighted by Crippen LogP contribution is -2.60. The third kappa shape index (κ3) is 4.59. The number of benzene rings is 1. The van der Waals surface area contributed by atoms with Gasteiger partial charge in [-0.2, -0.15) is 0 Å². The van der Waals surface area contributed by atoms with Crippen LogP contribution in [0.5, 0.6) is 0 Å². The summed E-state index contributed by atoms with van der Waals surface area (Å²) in [5.74, 6) is -1.23. The molecule has 176 valence electrons. The first-order chi connectivity index (χ1) is 15.4. The van der Waals surface area contributed by atoms with Gasteiger partial charge in [0.05, 0.1) is 24.9 Å². The standard InChI is InChI=1S/C22H28O10/c23-9-15-17(25)18(26)19(27)22(31-15)32-21-16-12(8-14(24)13(16)6-7-29-21)10-30-20(28)11-4-2-1-3-5-11/h1-5,8,13-19,21-27H,6-7,9-10H2/t13-,14-,15+,16+,17-,18-,19+,21-,22-/m0/s1. The van der Waals surface area contributed by atoms with Crippen molar-refractivity contribution in [1.29, 1.82) is 0 Å². The van der Waals surface area contributed by atoms with Gasteiger partial charge in [0.25, 0.3) is 0 Å². The van der Waals surface area contributed by atoms with Crippen molar-refractivity contribution in [2.45, 2.75) is 49.5 Å². The molecule has 1 aromatic carbocycles. The van der Waals surface area contributed by atoms with Crippen molar-refractivity contribution in [2.24, 2.45) is 11.8 Å². The number of esters is 1. The highest BCUT2D eigenvalue weighted by atomic mass is 16.8. The van der Waals surface area contributed by atoms with E-state index in [2.05, 4.69) is 0 Å². The molecule has 0 saturated carbocycles. The summed E-state index contributed by atoms with van der Waals surface area (Å²) < 4.78 is 22.4. The summed E-state index contributed by atoms with van der Waals surface area (Å²) in [6.45, 7) is -0.378. The normalized spacial score (nSPS) is 39.3. The summed E-state index contributed by atoms with van der Waals surface area (Å²) in [6.07, 6.45) is -6.74. The Balaban J connectivity index is 1.45. The second kappa shape index (κ2) is 9.94. The van der Waals surface area contributed by atoms with Gasteiger partial charge in [-0.1, -0.05) is 24.3 Å². The molecule has 5 N–H and O–H groups in total. The van der Waals surface area contributed by atoms with Gasteiger partial charge in [-0.05, 0) is 24.1 Å². The first-order valence-corrected chi connectivity index (χ1v) is 10.6. The van der Waals surface area contributed by atoms with Gasteiger partial charge >= 0.3 is 5.97 Å². The number of aliphatic hydroxyl groups excluding tert-OH is 5. The van der Waals surface area contributed by atoms with E-state index < -0.39 is 61.6 Å². The van der Waals surface area contributed by atoms with E-state index in [9.17, 15) is 30.3 Å². The zero-order valence-corrected chi connectivity index (χ0v) is 17.3.